The summed E-state index contributed by atoms with van der Waals surface area (Å²) in [5, 5.41) is 0.655. The highest BCUT2D eigenvalue weighted by molar-refractivity contribution is 9.10. The lowest BCUT2D eigenvalue weighted by molar-refractivity contribution is 0.0544. The molecule has 0 saturated carbocycles. The Kier molecular flexibility index (Phi) is 3.45. The minimum Gasteiger partial charge on any atom is -0.443 e. The van der Waals surface area contributed by atoms with Crippen molar-refractivity contribution in [3.05, 3.63) is 28.6 Å². The molecule has 0 radical (unpaired) electrons. The summed E-state index contributed by atoms with van der Waals surface area (Å²) in [7, 11) is 0. The molecule has 0 unspecified atom stereocenters. The first-order valence-corrected chi connectivity index (χ1v) is 6.46. The number of halogens is 1. The van der Waals surface area contributed by atoms with E-state index < -0.39 is 11.7 Å². The highest BCUT2D eigenvalue weighted by Crippen LogP contribution is 2.23. The Morgan fingerprint density at radius 2 is 2.16 bits per heavy atom. The molecule has 0 atom stereocenters. The molecular formula is C13H13BrN2O3. The van der Waals surface area contributed by atoms with Crippen LogP contribution in [0.5, 0.6) is 0 Å². The molecule has 0 amide bonds. The summed E-state index contributed by atoms with van der Waals surface area (Å²) in [6.07, 6.45) is 3.15. The molecule has 100 valence electrons. The molecule has 0 fully saturated rings. The topological polar surface area (TPSA) is 61.2 Å². The number of hydrogen-bond donors (Lipinski definition) is 0. The highest BCUT2D eigenvalue weighted by Gasteiger charge is 2.20. The van der Waals surface area contributed by atoms with E-state index in [9.17, 15) is 9.59 Å². The smallest absolute Gasteiger partial charge is 0.419 e. The lowest BCUT2D eigenvalue weighted by Crippen LogP contribution is -2.26. The Bertz CT molecular complexity index is 656. The summed E-state index contributed by atoms with van der Waals surface area (Å²) in [6, 6.07) is 1.69. The van der Waals surface area contributed by atoms with Crippen molar-refractivity contribution in [1.82, 2.24) is 9.55 Å². The van der Waals surface area contributed by atoms with Crippen molar-refractivity contribution in [1.29, 1.82) is 0 Å². The van der Waals surface area contributed by atoms with Crippen molar-refractivity contribution < 1.29 is 14.3 Å². The minimum atomic E-state index is -0.599. The summed E-state index contributed by atoms with van der Waals surface area (Å²) >= 11 is 3.24. The second-order valence-corrected chi connectivity index (χ2v) is 5.89. The van der Waals surface area contributed by atoms with Gasteiger partial charge in [0.2, 0.25) is 0 Å². The van der Waals surface area contributed by atoms with Gasteiger partial charge in [0.05, 0.1) is 11.7 Å². The molecule has 19 heavy (non-hydrogen) atoms. The maximum atomic E-state index is 12.1. The molecule has 2 rings (SSSR count). The van der Waals surface area contributed by atoms with Crippen molar-refractivity contribution in [2.75, 3.05) is 0 Å². The fraction of sp³-hybridized carbons (Fsp3) is 0.308. The number of carbonyl (C=O) groups excluding carboxylic acids is 2. The second kappa shape index (κ2) is 4.77. The predicted octanol–water partition coefficient (Wildman–Crippen LogP) is 3.39. The molecular weight excluding hydrogens is 312 g/mol. The van der Waals surface area contributed by atoms with E-state index in [1.165, 1.54) is 17.0 Å². The molecule has 0 aliphatic rings. The maximum absolute atomic E-state index is 12.1. The summed E-state index contributed by atoms with van der Waals surface area (Å²) < 4.78 is 7.19. The second-order valence-electron chi connectivity index (χ2n) is 5.08. The zero-order valence-electron chi connectivity index (χ0n) is 10.8. The summed E-state index contributed by atoms with van der Waals surface area (Å²) in [4.78, 5) is 27.2. The lowest BCUT2D eigenvalue weighted by atomic mass is 10.2. The maximum Gasteiger partial charge on any atom is 0.419 e. The van der Waals surface area contributed by atoms with E-state index in [0.717, 1.165) is 0 Å². The van der Waals surface area contributed by atoms with Crippen LogP contribution in [0.15, 0.2) is 23.1 Å². The van der Waals surface area contributed by atoms with E-state index in [4.69, 9.17) is 4.74 Å². The molecule has 2 heterocycles. The van der Waals surface area contributed by atoms with Gasteiger partial charge in [0.25, 0.3) is 0 Å². The first-order chi connectivity index (χ1) is 8.81. The fourth-order valence-electron chi connectivity index (χ4n) is 1.68. The largest absolute Gasteiger partial charge is 0.443 e. The Labute approximate surface area is 118 Å². The van der Waals surface area contributed by atoms with Gasteiger partial charge in [-0.05, 0) is 42.8 Å². The zero-order chi connectivity index (χ0) is 14.2. The Morgan fingerprint density at radius 3 is 2.74 bits per heavy atom. The standard InChI is InChI=1S/C13H13BrN2O3/c1-13(2,3)19-12(18)16-6-8(7-17)9-4-11(14)15-5-10(9)16/h4-7H,1-3H3. The van der Waals surface area contributed by atoms with Crippen LogP contribution in [0.3, 0.4) is 0 Å². The monoisotopic (exact) mass is 324 g/mol. The van der Waals surface area contributed by atoms with Gasteiger partial charge in [-0.1, -0.05) is 0 Å². The minimum absolute atomic E-state index is 0.420. The first-order valence-electron chi connectivity index (χ1n) is 5.67. The summed E-state index contributed by atoms with van der Waals surface area (Å²) in [5.74, 6) is 0. The molecule has 2 aromatic heterocycles. The molecule has 0 aromatic carbocycles. The van der Waals surface area contributed by atoms with Gasteiger partial charge in [0, 0.05) is 17.1 Å². The van der Waals surface area contributed by atoms with Crippen LogP contribution in [0.1, 0.15) is 31.1 Å². The third kappa shape index (κ3) is 2.84. The van der Waals surface area contributed by atoms with Gasteiger partial charge >= 0.3 is 6.09 Å². The molecule has 0 bridgehead atoms. The Morgan fingerprint density at radius 1 is 1.47 bits per heavy atom. The van der Waals surface area contributed by atoms with Crippen LogP contribution in [-0.2, 0) is 4.74 Å². The molecule has 0 saturated heterocycles. The van der Waals surface area contributed by atoms with Gasteiger partial charge in [-0.3, -0.25) is 9.36 Å². The number of aromatic nitrogens is 2. The van der Waals surface area contributed by atoms with Crippen LogP contribution in [-0.4, -0.2) is 27.5 Å². The summed E-state index contributed by atoms with van der Waals surface area (Å²) in [5.41, 5.74) is 0.362. The number of carbonyl (C=O) groups is 2. The molecule has 5 nitrogen and oxygen atoms in total. The van der Waals surface area contributed by atoms with E-state index in [1.54, 1.807) is 26.8 Å². The van der Waals surface area contributed by atoms with Crippen molar-refractivity contribution in [3.63, 3.8) is 0 Å². The average molecular weight is 325 g/mol. The fourth-order valence-corrected chi connectivity index (χ4v) is 2.01. The number of fused-ring (bicyclic) bond motifs is 1. The van der Waals surface area contributed by atoms with Gasteiger partial charge in [-0.25, -0.2) is 9.78 Å². The zero-order valence-corrected chi connectivity index (χ0v) is 12.4. The highest BCUT2D eigenvalue weighted by atomic mass is 79.9. The number of aldehydes is 1. The van der Waals surface area contributed by atoms with Crippen LogP contribution in [0, 0.1) is 0 Å². The SMILES string of the molecule is CC(C)(C)OC(=O)n1cc(C=O)c2cc(Br)ncc21. The number of ether oxygens (including phenoxy) is 1. The normalized spacial score (nSPS) is 11.6. The number of rotatable bonds is 1. The van der Waals surface area contributed by atoms with Crippen molar-refractivity contribution in [3.8, 4) is 0 Å². The van der Waals surface area contributed by atoms with Crippen molar-refractivity contribution in [2.45, 2.75) is 26.4 Å². The van der Waals surface area contributed by atoms with Crippen LogP contribution >= 0.6 is 15.9 Å². The third-order valence-electron chi connectivity index (χ3n) is 2.41. The number of nitrogens with zero attached hydrogens (tertiary/aromatic N) is 2. The van der Waals surface area contributed by atoms with Crippen molar-refractivity contribution in [2.24, 2.45) is 0 Å². The Hall–Kier alpha value is -1.69. The predicted molar refractivity (Wildman–Crippen MR) is 74.5 cm³/mol. The van der Waals surface area contributed by atoms with Gasteiger partial charge in [-0.15, -0.1) is 0 Å². The molecule has 0 aliphatic heterocycles. The molecule has 0 spiro atoms. The molecule has 2 aromatic rings. The van der Waals surface area contributed by atoms with Crippen LogP contribution in [0.4, 0.5) is 4.79 Å². The Balaban J connectivity index is 2.55. The molecule has 6 heteroatoms. The third-order valence-corrected chi connectivity index (χ3v) is 2.84. The van der Waals surface area contributed by atoms with Gasteiger partial charge < -0.3 is 4.74 Å². The van der Waals surface area contributed by atoms with Gasteiger partial charge in [-0.2, -0.15) is 0 Å². The van der Waals surface area contributed by atoms with Gasteiger partial charge in [0.1, 0.15) is 10.2 Å². The number of hydrogen-bond acceptors (Lipinski definition) is 4. The van der Waals surface area contributed by atoms with E-state index in [1.807, 2.05) is 0 Å². The van der Waals surface area contributed by atoms with E-state index in [2.05, 4.69) is 20.9 Å². The number of pyridine rings is 1. The average Bonchev–Trinajstić information content (AvgIpc) is 2.64. The van der Waals surface area contributed by atoms with Gasteiger partial charge in [0.15, 0.2) is 6.29 Å². The van der Waals surface area contributed by atoms with Crippen LogP contribution in [0.2, 0.25) is 0 Å². The van der Waals surface area contributed by atoms with E-state index >= 15 is 0 Å². The van der Waals surface area contributed by atoms with Crippen LogP contribution < -0.4 is 0 Å². The first kappa shape index (κ1) is 13.7. The lowest BCUT2D eigenvalue weighted by Gasteiger charge is -2.19. The van der Waals surface area contributed by atoms with Crippen LogP contribution in [0.25, 0.3) is 10.9 Å². The van der Waals surface area contributed by atoms with Crippen molar-refractivity contribution >= 4 is 39.2 Å². The molecule has 0 aliphatic carbocycles. The summed E-state index contributed by atoms with van der Waals surface area (Å²) in [6.45, 7) is 5.35. The molecule has 0 N–H and O–H groups in total. The quantitative estimate of drug-likeness (QED) is 0.595. The van der Waals surface area contributed by atoms with E-state index in [-0.39, 0.29) is 0 Å². The van der Waals surface area contributed by atoms with E-state index in [0.29, 0.717) is 27.4 Å².